The summed E-state index contributed by atoms with van der Waals surface area (Å²) in [5, 5.41) is 3.74. The topological polar surface area (TPSA) is 12.0 Å². The van der Waals surface area contributed by atoms with Crippen molar-refractivity contribution in [3.63, 3.8) is 0 Å². The number of nitrogens with one attached hydrogen (secondary N) is 1. The average molecular weight is 217 g/mol. The van der Waals surface area contributed by atoms with E-state index in [4.69, 9.17) is 0 Å². The Labute approximate surface area is 99.3 Å². The molecule has 1 aromatic carbocycles. The second-order valence-electron chi connectivity index (χ2n) is 5.62. The maximum absolute atomic E-state index is 3.74. The molecule has 0 saturated heterocycles. The first-order chi connectivity index (χ1) is 7.55. The molecule has 0 bridgehead atoms. The lowest BCUT2D eigenvalue weighted by Crippen LogP contribution is -2.35. The van der Waals surface area contributed by atoms with Gasteiger partial charge < -0.3 is 5.32 Å². The lowest BCUT2D eigenvalue weighted by Gasteiger charge is -2.25. The van der Waals surface area contributed by atoms with Gasteiger partial charge in [-0.05, 0) is 29.9 Å². The summed E-state index contributed by atoms with van der Waals surface area (Å²) in [6.45, 7) is 9.03. The van der Waals surface area contributed by atoms with Crippen LogP contribution in [0.2, 0.25) is 0 Å². The van der Waals surface area contributed by atoms with Gasteiger partial charge in [0, 0.05) is 11.6 Å². The Kier molecular flexibility index (Phi) is 3.07. The second kappa shape index (κ2) is 4.21. The Morgan fingerprint density at radius 2 is 1.69 bits per heavy atom. The van der Waals surface area contributed by atoms with Crippen molar-refractivity contribution in [3.8, 4) is 0 Å². The molecule has 0 amide bonds. The van der Waals surface area contributed by atoms with Crippen LogP contribution < -0.4 is 5.32 Å². The minimum atomic E-state index is 0.287. The third kappa shape index (κ3) is 2.15. The summed E-state index contributed by atoms with van der Waals surface area (Å²) in [4.78, 5) is 0. The van der Waals surface area contributed by atoms with Crippen LogP contribution in [0.5, 0.6) is 0 Å². The number of hydrogen-bond acceptors (Lipinski definition) is 1. The Bertz CT molecular complexity index is 361. The third-order valence-corrected chi connectivity index (χ3v) is 3.41. The van der Waals surface area contributed by atoms with E-state index in [0.717, 1.165) is 0 Å². The second-order valence-corrected chi connectivity index (χ2v) is 5.62. The quantitative estimate of drug-likeness (QED) is 0.809. The molecular weight excluding hydrogens is 194 g/mol. The average Bonchev–Trinajstić information content (AvgIpc) is 2.98. The van der Waals surface area contributed by atoms with Crippen molar-refractivity contribution >= 4 is 0 Å². The van der Waals surface area contributed by atoms with E-state index < -0.39 is 0 Å². The normalized spacial score (nSPS) is 18.1. The molecule has 0 unspecified atom stereocenters. The molecule has 1 fully saturated rings. The van der Waals surface area contributed by atoms with Gasteiger partial charge in [0.15, 0.2) is 0 Å². The lowest BCUT2D eigenvalue weighted by atomic mass is 9.91. The molecule has 0 heterocycles. The van der Waals surface area contributed by atoms with Gasteiger partial charge in [0.1, 0.15) is 0 Å². The molecule has 1 aliphatic carbocycles. The van der Waals surface area contributed by atoms with Gasteiger partial charge >= 0.3 is 0 Å². The zero-order valence-electron chi connectivity index (χ0n) is 10.9. The van der Waals surface area contributed by atoms with Crippen LogP contribution in [0.1, 0.15) is 57.6 Å². The van der Waals surface area contributed by atoms with Gasteiger partial charge in [0.25, 0.3) is 0 Å². The van der Waals surface area contributed by atoms with Gasteiger partial charge in [-0.1, -0.05) is 52.0 Å². The molecule has 88 valence electrons. The molecule has 1 aromatic rings. The van der Waals surface area contributed by atoms with Crippen LogP contribution in [0.25, 0.3) is 0 Å². The molecule has 1 saturated carbocycles. The van der Waals surface area contributed by atoms with Crippen molar-refractivity contribution in [1.29, 1.82) is 0 Å². The standard InChI is InChI=1S/C15H23N/c1-11(2)13-7-5-6-8-14(13)15(9-10-15)16-12(3)4/h5-8,11-12,16H,9-10H2,1-4H3. The van der Waals surface area contributed by atoms with Gasteiger partial charge in [0.05, 0.1) is 0 Å². The Balaban J connectivity index is 2.33. The Morgan fingerprint density at radius 3 is 2.19 bits per heavy atom. The van der Waals surface area contributed by atoms with Crippen molar-refractivity contribution < 1.29 is 0 Å². The Morgan fingerprint density at radius 1 is 1.06 bits per heavy atom. The van der Waals surface area contributed by atoms with Crippen molar-refractivity contribution in [2.45, 2.75) is 58.0 Å². The van der Waals surface area contributed by atoms with Gasteiger partial charge in [-0.3, -0.25) is 0 Å². The Hall–Kier alpha value is -0.820. The molecule has 0 aliphatic heterocycles. The lowest BCUT2D eigenvalue weighted by molar-refractivity contribution is 0.457. The maximum Gasteiger partial charge on any atom is 0.0441 e. The first-order valence-corrected chi connectivity index (χ1v) is 6.42. The van der Waals surface area contributed by atoms with Crippen LogP contribution in [0.4, 0.5) is 0 Å². The SMILES string of the molecule is CC(C)NC1(c2ccccc2C(C)C)CC1. The van der Waals surface area contributed by atoms with Gasteiger partial charge in [-0.15, -0.1) is 0 Å². The van der Waals surface area contributed by atoms with E-state index in [1.165, 1.54) is 24.0 Å². The van der Waals surface area contributed by atoms with Crippen LogP contribution in [-0.4, -0.2) is 6.04 Å². The number of benzene rings is 1. The monoisotopic (exact) mass is 217 g/mol. The molecular formula is C15H23N. The van der Waals surface area contributed by atoms with Crippen LogP contribution in [-0.2, 0) is 5.54 Å². The smallest absolute Gasteiger partial charge is 0.0441 e. The number of hydrogen-bond donors (Lipinski definition) is 1. The van der Waals surface area contributed by atoms with Crippen molar-refractivity contribution in [3.05, 3.63) is 35.4 Å². The largest absolute Gasteiger partial charge is 0.305 e. The molecule has 1 aliphatic rings. The highest BCUT2D eigenvalue weighted by Gasteiger charge is 2.45. The molecule has 0 spiro atoms. The minimum Gasteiger partial charge on any atom is -0.305 e. The highest BCUT2D eigenvalue weighted by atomic mass is 15.0. The summed E-state index contributed by atoms with van der Waals surface area (Å²) < 4.78 is 0. The van der Waals surface area contributed by atoms with Crippen LogP contribution in [0, 0.1) is 0 Å². The highest BCUT2D eigenvalue weighted by molar-refractivity contribution is 5.39. The van der Waals surface area contributed by atoms with Crippen molar-refractivity contribution in [2.24, 2.45) is 0 Å². The van der Waals surface area contributed by atoms with Gasteiger partial charge in [-0.25, -0.2) is 0 Å². The van der Waals surface area contributed by atoms with Crippen molar-refractivity contribution in [1.82, 2.24) is 5.32 Å². The third-order valence-electron chi connectivity index (χ3n) is 3.41. The minimum absolute atomic E-state index is 0.287. The van der Waals surface area contributed by atoms with E-state index >= 15 is 0 Å². The van der Waals surface area contributed by atoms with E-state index in [0.29, 0.717) is 12.0 Å². The summed E-state index contributed by atoms with van der Waals surface area (Å²) in [6.07, 6.45) is 2.57. The van der Waals surface area contributed by atoms with E-state index in [-0.39, 0.29) is 5.54 Å². The molecule has 16 heavy (non-hydrogen) atoms. The molecule has 1 nitrogen and oxygen atoms in total. The molecule has 1 N–H and O–H groups in total. The fourth-order valence-electron chi connectivity index (χ4n) is 2.61. The number of rotatable bonds is 4. The molecule has 0 radical (unpaired) electrons. The molecule has 0 aromatic heterocycles. The fraction of sp³-hybridized carbons (Fsp3) is 0.600. The highest BCUT2D eigenvalue weighted by Crippen LogP contribution is 2.48. The predicted octanol–water partition coefficient (Wildman–Crippen LogP) is 3.80. The van der Waals surface area contributed by atoms with E-state index in [9.17, 15) is 0 Å². The zero-order valence-corrected chi connectivity index (χ0v) is 10.9. The zero-order chi connectivity index (χ0) is 11.8. The van der Waals surface area contributed by atoms with Gasteiger partial charge in [-0.2, -0.15) is 0 Å². The molecule has 0 atom stereocenters. The predicted molar refractivity (Wildman–Crippen MR) is 69.7 cm³/mol. The van der Waals surface area contributed by atoms with E-state index in [1.54, 1.807) is 0 Å². The van der Waals surface area contributed by atoms with Crippen LogP contribution in [0.15, 0.2) is 24.3 Å². The van der Waals surface area contributed by atoms with Gasteiger partial charge in [0.2, 0.25) is 0 Å². The first-order valence-electron chi connectivity index (χ1n) is 6.42. The summed E-state index contributed by atoms with van der Waals surface area (Å²) in [6, 6.07) is 9.47. The first kappa shape index (κ1) is 11.7. The van der Waals surface area contributed by atoms with Crippen molar-refractivity contribution in [2.75, 3.05) is 0 Å². The summed E-state index contributed by atoms with van der Waals surface area (Å²) >= 11 is 0. The van der Waals surface area contributed by atoms with Crippen LogP contribution >= 0.6 is 0 Å². The molecule has 2 rings (SSSR count). The summed E-state index contributed by atoms with van der Waals surface area (Å²) in [7, 11) is 0. The fourth-order valence-corrected chi connectivity index (χ4v) is 2.61. The van der Waals surface area contributed by atoms with Crippen LogP contribution in [0.3, 0.4) is 0 Å². The maximum atomic E-state index is 3.74. The summed E-state index contributed by atoms with van der Waals surface area (Å²) in [5.41, 5.74) is 3.32. The summed E-state index contributed by atoms with van der Waals surface area (Å²) in [5.74, 6) is 0.614. The van der Waals surface area contributed by atoms with E-state index in [1.807, 2.05) is 0 Å². The molecule has 1 heteroatoms. The van der Waals surface area contributed by atoms with E-state index in [2.05, 4.69) is 57.3 Å².